The number of carboxylic acid groups (broad SMARTS) is 1. The SMILES string of the molecule is CC1CCCN(C(=O)Cc2ccccc2F)C1C(=O)O. The molecule has 1 aromatic rings. The lowest BCUT2D eigenvalue weighted by molar-refractivity contribution is -0.154. The van der Waals surface area contributed by atoms with Gasteiger partial charge in [-0.1, -0.05) is 25.1 Å². The lowest BCUT2D eigenvalue weighted by Gasteiger charge is -2.37. The zero-order chi connectivity index (χ0) is 14.7. The topological polar surface area (TPSA) is 57.6 Å². The van der Waals surface area contributed by atoms with Gasteiger partial charge in [0.1, 0.15) is 11.9 Å². The van der Waals surface area contributed by atoms with Crippen molar-refractivity contribution in [3.63, 3.8) is 0 Å². The van der Waals surface area contributed by atoms with E-state index in [9.17, 15) is 19.1 Å². The van der Waals surface area contributed by atoms with Crippen LogP contribution in [0.2, 0.25) is 0 Å². The van der Waals surface area contributed by atoms with Gasteiger partial charge >= 0.3 is 5.97 Å². The van der Waals surface area contributed by atoms with Gasteiger partial charge in [0.2, 0.25) is 5.91 Å². The van der Waals surface area contributed by atoms with Crippen molar-refractivity contribution in [2.24, 2.45) is 5.92 Å². The predicted molar refractivity (Wildman–Crippen MR) is 71.6 cm³/mol. The van der Waals surface area contributed by atoms with Crippen LogP contribution in [-0.2, 0) is 16.0 Å². The molecule has 1 heterocycles. The van der Waals surface area contributed by atoms with Gasteiger partial charge in [-0.05, 0) is 30.4 Å². The van der Waals surface area contributed by atoms with Crippen LogP contribution < -0.4 is 0 Å². The molecule has 1 aliphatic rings. The third-order valence-corrected chi connectivity index (χ3v) is 3.81. The van der Waals surface area contributed by atoms with Gasteiger partial charge in [0, 0.05) is 6.54 Å². The second-order valence-electron chi connectivity index (χ2n) is 5.26. The molecular weight excluding hydrogens is 261 g/mol. The third-order valence-electron chi connectivity index (χ3n) is 3.81. The summed E-state index contributed by atoms with van der Waals surface area (Å²) >= 11 is 0. The fourth-order valence-corrected chi connectivity index (χ4v) is 2.75. The average Bonchev–Trinajstić information content (AvgIpc) is 2.40. The molecular formula is C15H18FNO3. The molecule has 2 rings (SSSR count). The minimum atomic E-state index is -0.987. The first-order chi connectivity index (χ1) is 9.50. The van der Waals surface area contributed by atoms with E-state index in [4.69, 9.17) is 0 Å². The molecule has 0 bridgehead atoms. The number of hydrogen-bond acceptors (Lipinski definition) is 2. The minimum Gasteiger partial charge on any atom is -0.480 e. The van der Waals surface area contributed by atoms with E-state index >= 15 is 0 Å². The van der Waals surface area contributed by atoms with E-state index in [2.05, 4.69) is 0 Å². The number of amides is 1. The van der Waals surface area contributed by atoms with Crippen LogP contribution in [0, 0.1) is 11.7 Å². The molecule has 2 unspecified atom stereocenters. The molecule has 1 fully saturated rings. The maximum Gasteiger partial charge on any atom is 0.326 e. The molecule has 0 radical (unpaired) electrons. The molecule has 1 saturated heterocycles. The number of carbonyl (C=O) groups excluding carboxylic acids is 1. The number of carbonyl (C=O) groups is 2. The Kier molecular flexibility index (Phi) is 4.37. The molecule has 20 heavy (non-hydrogen) atoms. The highest BCUT2D eigenvalue weighted by Crippen LogP contribution is 2.24. The molecule has 0 saturated carbocycles. The van der Waals surface area contributed by atoms with E-state index in [1.807, 2.05) is 6.92 Å². The summed E-state index contributed by atoms with van der Waals surface area (Å²) in [6.07, 6.45) is 1.48. The Morgan fingerprint density at radius 1 is 1.40 bits per heavy atom. The van der Waals surface area contributed by atoms with Crippen LogP contribution in [0.1, 0.15) is 25.3 Å². The Hall–Kier alpha value is -1.91. The maximum atomic E-state index is 13.6. The van der Waals surface area contributed by atoms with Crippen LogP contribution in [0.5, 0.6) is 0 Å². The molecule has 108 valence electrons. The number of nitrogens with zero attached hydrogens (tertiary/aromatic N) is 1. The molecule has 4 nitrogen and oxygen atoms in total. The fourth-order valence-electron chi connectivity index (χ4n) is 2.75. The second kappa shape index (κ2) is 6.03. The van der Waals surface area contributed by atoms with Crippen molar-refractivity contribution in [1.29, 1.82) is 0 Å². The van der Waals surface area contributed by atoms with Gasteiger partial charge < -0.3 is 10.0 Å². The highest BCUT2D eigenvalue weighted by atomic mass is 19.1. The van der Waals surface area contributed by atoms with E-state index in [0.29, 0.717) is 12.1 Å². The van der Waals surface area contributed by atoms with E-state index in [0.717, 1.165) is 12.8 Å². The largest absolute Gasteiger partial charge is 0.480 e. The van der Waals surface area contributed by atoms with E-state index in [-0.39, 0.29) is 18.2 Å². The average molecular weight is 279 g/mol. The fraction of sp³-hybridized carbons (Fsp3) is 0.467. The van der Waals surface area contributed by atoms with Crippen LogP contribution in [0.15, 0.2) is 24.3 Å². The first-order valence-corrected chi connectivity index (χ1v) is 6.76. The summed E-state index contributed by atoms with van der Waals surface area (Å²) in [7, 11) is 0. The number of hydrogen-bond donors (Lipinski definition) is 1. The number of piperidine rings is 1. The number of carboxylic acids is 1. The molecule has 5 heteroatoms. The maximum absolute atomic E-state index is 13.6. The molecule has 1 N–H and O–H groups in total. The summed E-state index contributed by atoms with van der Waals surface area (Å²) in [5.74, 6) is -1.82. The Labute approximate surface area is 117 Å². The number of likely N-dealkylation sites (tertiary alicyclic amines) is 1. The van der Waals surface area contributed by atoms with Crippen LogP contribution in [-0.4, -0.2) is 34.5 Å². The summed E-state index contributed by atoms with van der Waals surface area (Å²) in [6, 6.07) is 5.28. The summed E-state index contributed by atoms with van der Waals surface area (Å²) in [6.45, 7) is 2.26. The van der Waals surface area contributed by atoms with Gasteiger partial charge in [-0.25, -0.2) is 9.18 Å². The highest BCUT2D eigenvalue weighted by Gasteiger charge is 2.36. The molecule has 2 atom stereocenters. The van der Waals surface area contributed by atoms with Gasteiger partial charge in [-0.2, -0.15) is 0 Å². The second-order valence-corrected chi connectivity index (χ2v) is 5.26. The smallest absolute Gasteiger partial charge is 0.326 e. The normalized spacial score (nSPS) is 22.6. The van der Waals surface area contributed by atoms with Crippen molar-refractivity contribution in [1.82, 2.24) is 4.90 Å². The summed E-state index contributed by atoms with van der Waals surface area (Å²) in [4.78, 5) is 25.0. The van der Waals surface area contributed by atoms with Crippen molar-refractivity contribution in [2.45, 2.75) is 32.2 Å². The summed E-state index contributed by atoms with van der Waals surface area (Å²) in [5, 5.41) is 9.28. The predicted octanol–water partition coefficient (Wildman–Crippen LogP) is 2.08. The van der Waals surface area contributed by atoms with Crippen LogP contribution >= 0.6 is 0 Å². The van der Waals surface area contributed by atoms with Crippen molar-refractivity contribution in [3.05, 3.63) is 35.6 Å². The molecule has 0 spiro atoms. The van der Waals surface area contributed by atoms with E-state index < -0.39 is 17.8 Å². The van der Waals surface area contributed by atoms with E-state index in [1.54, 1.807) is 18.2 Å². The van der Waals surface area contributed by atoms with Gasteiger partial charge in [-0.15, -0.1) is 0 Å². The van der Waals surface area contributed by atoms with Crippen molar-refractivity contribution < 1.29 is 19.1 Å². The lowest BCUT2D eigenvalue weighted by Crippen LogP contribution is -2.52. The zero-order valence-electron chi connectivity index (χ0n) is 11.4. The van der Waals surface area contributed by atoms with Crippen LogP contribution in [0.25, 0.3) is 0 Å². The van der Waals surface area contributed by atoms with Crippen LogP contribution in [0.3, 0.4) is 0 Å². The Morgan fingerprint density at radius 2 is 2.10 bits per heavy atom. The Bertz CT molecular complexity index is 518. The van der Waals surface area contributed by atoms with Crippen LogP contribution in [0.4, 0.5) is 4.39 Å². The molecule has 1 aromatic carbocycles. The summed E-state index contributed by atoms with van der Waals surface area (Å²) < 4.78 is 13.6. The number of rotatable bonds is 3. The quantitative estimate of drug-likeness (QED) is 0.921. The van der Waals surface area contributed by atoms with Gasteiger partial charge in [0.15, 0.2) is 0 Å². The molecule has 1 aliphatic heterocycles. The van der Waals surface area contributed by atoms with Gasteiger partial charge in [0.25, 0.3) is 0 Å². The van der Waals surface area contributed by atoms with Crippen molar-refractivity contribution in [2.75, 3.05) is 6.54 Å². The molecule has 0 aromatic heterocycles. The van der Waals surface area contributed by atoms with Crippen molar-refractivity contribution in [3.8, 4) is 0 Å². The number of benzene rings is 1. The first kappa shape index (κ1) is 14.5. The van der Waals surface area contributed by atoms with Gasteiger partial charge in [-0.3, -0.25) is 4.79 Å². The molecule has 0 aliphatic carbocycles. The number of aliphatic carboxylic acids is 1. The minimum absolute atomic E-state index is 0.0779. The van der Waals surface area contributed by atoms with E-state index in [1.165, 1.54) is 11.0 Å². The first-order valence-electron chi connectivity index (χ1n) is 6.76. The Balaban J connectivity index is 2.15. The zero-order valence-corrected chi connectivity index (χ0v) is 11.4. The Morgan fingerprint density at radius 3 is 2.75 bits per heavy atom. The summed E-state index contributed by atoms with van der Waals surface area (Å²) in [5.41, 5.74) is 0.305. The highest BCUT2D eigenvalue weighted by molar-refractivity contribution is 5.85. The standard InChI is InChI=1S/C15H18FNO3/c1-10-5-4-8-17(14(10)15(19)20)13(18)9-11-6-2-3-7-12(11)16/h2-3,6-7,10,14H,4-5,8-9H2,1H3,(H,19,20). The lowest BCUT2D eigenvalue weighted by atomic mass is 9.90. The van der Waals surface area contributed by atoms with Crippen molar-refractivity contribution >= 4 is 11.9 Å². The molecule has 1 amide bonds. The monoisotopic (exact) mass is 279 g/mol. The number of halogens is 1. The third kappa shape index (κ3) is 2.98. The van der Waals surface area contributed by atoms with Gasteiger partial charge in [0.05, 0.1) is 6.42 Å².